The van der Waals surface area contributed by atoms with E-state index >= 15 is 0 Å². The molecule has 0 amide bonds. The number of rotatable bonds is 6. The second-order valence-corrected chi connectivity index (χ2v) is 9.25. The number of nitro groups is 1. The van der Waals surface area contributed by atoms with Crippen LogP contribution in [-0.4, -0.2) is 67.5 Å². The molecule has 3 aromatic rings. The van der Waals surface area contributed by atoms with Gasteiger partial charge in [-0.25, -0.2) is 18.7 Å². The molecule has 2 aromatic heterocycles. The van der Waals surface area contributed by atoms with E-state index in [2.05, 4.69) is 10.3 Å². The summed E-state index contributed by atoms with van der Waals surface area (Å²) < 4.78 is 17.8. The number of fused-ring (bicyclic) bond motifs is 1. The van der Waals surface area contributed by atoms with Crippen LogP contribution in [0.3, 0.4) is 0 Å². The number of carboxylic acid groups (broad SMARTS) is 1. The number of aliphatic hydroxyl groups excluding tert-OH is 1. The van der Waals surface area contributed by atoms with Crippen molar-refractivity contribution in [3.8, 4) is 0 Å². The number of pyridine rings is 1. The van der Waals surface area contributed by atoms with Crippen molar-refractivity contribution in [3.05, 3.63) is 62.1 Å². The van der Waals surface area contributed by atoms with Gasteiger partial charge in [0.2, 0.25) is 5.43 Å². The largest absolute Gasteiger partial charge is 0.477 e. The molecule has 12 nitrogen and oxygen atoms in total. The van der Waals surface area contributed by atoms with Crippen LogP contribution >= 0.6 is 0 Å². The molecule has 37 heavy (non-hydrogen) atoms. The van der Waals surface area contributed by atoms with E-state index < -0.39 is 28.2 Å². The molecular formula is C24H29FN6O6. The summed E-state index contributed by atoms with van der Waals surface area (Å²) >= 11 is 0. The van der Waals surface area contributed by atoms with Crippen LogP contribution in [0.4, 0.5) is 15.9 Å². The van der Waals surface area contributed by atoms with Gasteiger partial charge in [-0.2, -0.15) is 0 Å². The average Bonchev–Trinajstić information content (AvgIpc) is 3.63. The quantitative estimate of drug-likeness (QED) is 0.330. The number of hydrogen-bond acceptors (Lipinski definition) is 8. The highest BCUT2D eigenvalue weighted by molar-refractivity contribution is 5.93. The van der Waals surface area contributed by atoms with Gasteiger partial charge in [-0.3, -0.25) is 4.79 Å². The molecule has 1 aromatic carbocycles. The lowest BCUT2D eigenvalue weighted by Gasteiger charge is -2.30. The maximum atomic E-state index is 14.6. The van der Waals surface area contributed by atoms with E-state index in [0.29, 0.717) is 30.1 Å². The first-order valence-electron chi connectivity index (χ1n) is 12.0. The lowest BCUT2D eigenvalue weighted by atomic mass is 10.1. The van der Waals surface area contributed by atoms with Crippen LogP contribution in [0.5, 0.6) is 0 Å². The number of carbonyl (C=O) groups is 1. The van der Waals surface area contributed by atoms with Gasteiger partial charge in [0.05, 0.1) is 17.3 Å². The van der Waals surface area contributed by atoms with Crippen molar-refractivity contribution in [2.24, 2.45) is 0 Å². The highest BCUT2D eigenvalue weighted by Crippen LogP contribution is 2.38. The molecular weight excluding hydrogens is 487 g/mol. The molecule has 1 atom stereocenters. The summed E-state index contributed by atoms with van der Waals surface area (Å²) in [6.45, 7) is 6.39. The minimum atomic E-state index is -1.28. The first-order valence-corrected chi connectivity index (χ1v) is 12.0. The summed E-state index contributed by atoms with van der Waals surface area (Å²) in [6.07, 6.45) is 3.86. The number of carboxylic acids is 1. The maximum Gasteiger partial charge on any atom is 0.342 e. The number of hydrogen-bond donors (Lipinski definition) is 3. The third-order valence-electron chi connectivity index (χ3n) is 6.40. The number of nitrogens with zero attached hydrogens (tertiary/aromatic N) is 5. The van der Waals surface area contributed by atoms with E-state index in [1.807, 2.05) is 9.47 Å². The van der Waals surface area contributed by atoms with Crippen molar-refractivity contribution in [3.63, 3.8) is 0 Å². The summed E-state index contributed by atoms with van der Waals surface area (Å²) in [4.78, 5) is 39.5. The highest BCUT2D eigenvalue weighted by atomic mass is 19.1. The fourth-order valence-corrected chi connectivity index (χ4v) is 4.41. The number of aryl methyl sites for hydroxylation is 1. The van der Waals surface area contributed by atoms with Gasteiger partial charge < -0.3 is 35.1 Å². The number of aromatic carboxylic acids is 1. The summed E-state index contributed by atoms with van der Waals surface area (Å²) in [5, 5.41) is 32.2. The second-order valence-electron chi connectivity index (χ2n) is 9.25. The molecule has 3 N–H and O–H groups in total. The zero-order valence-electron chi connectivity index (χ0n) is 20.6. The topological polar surface area (TPSA) is 156 Å². The molecule has 0 bridgehead atoms. The van der Waals surface area contributed by atoms with Crippen LogP contribution in [0, 0.1) is 22.9 Å². The molecule has 1 aliphatic carbocycles. The van der Waals surface area contributed by atoms with Crippen molar-refractivity contribution in [1.82, 2.24) is 19.4 Å². The van der Waals surface area contributed by atoms with Gasteiger partial charge in [-0.05, 0) is 36.8 Å². The van der Waals surface area contributed by atoms with Crippen molar-refractivity contribution >= 4 is 28.4 Å². The maximum absolute atomic E-state index is 14.6. The molecule has 2 fully saturated rings. The molecule has 198 valence electrons. The van der Waals surface area contributed by atoms with E-state index in [1.165, 1.54) is 23.0 Å². The van der Waals surface area contributed by atoms with E-state index in [1.54, 1.807) is 19.9 Å². The van der Waals surface area contributed by atoms with Crippen molar-refractivity contribution in [1.29, 1.82) is 0 Å². The minimum absolute atomic E-state index is 0.0848. The molecule has 13 heteroatoms. The first-order chi connectivity index (χ1) is 17.6. The van der Waals surface area contributed by atoms with E-state index in [4.69, 9.17) is 5.11 Å². The van der Waals surface area contributed by atoms with Crippen LogP contribution < -0.4 is 15.6 Å². The van der Waals surface area contributed by atoms with Gasteiger partial charge in [0.25, 0.3) is 0 Å². The Balaban J connectivity index is 0.000000209. The number of anilines is 1. The van der Waals surface area contributed by atoms with Gasteiger partial charge in [0.15, 0.2) is 5.82 Å². The van der Waals surface area contributed by atoms with Crippen LogP contribution in [-0.2, 0) is 6.54 Å². The molecule has 3 heterocycles. The van der Waals surface area contributed by atoms with Gasteiger partial charge >= 0.3 is 11.8 Å². The van der Waals surface area contributed by atoms with Crippen molar-refractivity contribution in [2.75, 3.05) is 31.1 Å². The molecule has 1 saturated heterocycles. The third kappa shape index (κ3) is 5.62. The van der Waals surface area contributed by atoms with E-state index in [9.17, 15) is 29.2 Å². The number of aromatic nitrogens is 3. The zero-order valence-corrected chi connectivity index (χ0v) is 20.6. The van der Waals surface area contributed by atoms with Crippen molar-refractivity contribution < 1.29 is 24.3 Å². The Bertz CT molecular complexity index is 1390. The minimum Gasteiger partial charge on any atom is -0.477 e. The first kappa shape index (κ1) is 26.2. The summed E-state index contributed by atoms with van der Waals surface area (Å²) in [5.74, 6) is -1.31. The Kier molecular flexibility index (Phi) is 7.55. The smallest absolute Gasteiger partial charge is 0.342 e. The fraction of sp³-hybridized carbons (Fsp3) is 0.458. The number of nitrogens with one attached hydrogen (secondary N) is 1. The number of piperazine rings is 1. The van der Waals surface area contributed by atoms with Gasteiger partial charge in [0, 0.05) is 50.7 Å². The Hall–Kier alpha value is -3.84. The lowest BCUT2D eigenvalue weighted by Crippen LogP contribution is -2.43. The predicted octanol–water partition coefficient (Wildman–Crippen LogP) is 2.06. The lowest BCUT2D eigenvalue weighted by molar-refractivity contribution is -0.392. The monoisotopic (exact) mass is 516 g/mol. The van der Waals surface area contributed by atoms with Crippen LogP contribution in [0.1, 0.15) is 42.0 Å². The Morgan fingerprint density at radius 1 is 1.32 bits per heavy atom. The number of benzene rings is 1. The van der Waals surface area contributed by atoms with Crippen molar-refractivity contribution in [2.45, 2.75) is 45.4 Å². The van der Waals surface area contributed by atoms with Crippen LogP contribution in [0.15, 0.2) is 29.3 Å². The number of imidazole rings is 1. The van der Waals surface area contributed by atoms with Crippen LogP contribution in [0.2, 0.25) is 0 Å². The summed E-state index contributed by atoms with van der Waals surface area (Å²) in [7, 11) is 0. The van der Waals surface area contributed by atoms with Crippen LogP contribution in [0.25, 0.3) is 10.9 Å². The van der Waals surface area contributed by atoms with Gasteiger partial charge in [0.1, 0.15) is 24.1 Å². The van der Waals surface area contributed by atoms with Gasteiger partial charge in [-0.1, -0.05) is 0 Å². The molecule has 2 aliphatic rings. The molecule has 1 saturated carbocycles. The third-order valence-corrected chi connectivity index (χ3v) is 6.40. The normalized spacial score (nSPS) is 16.3. The predicted molar refractivity (Wildman–Crippen MR) is 134 cm³/mol. The molecule has 1 aliphatic heterocycles. The zero-order chi connectivity index (χ0) is 26.9. The van der Waals surface area contributed by atoms with Gasteiger partial charge in [-0.15, -0.1) is 0 Å². The Labute approximate surface area is 211 Å². The molecule has 0 spiro atoms. The number of aliphatic hydroxyl groups is 1. The molecule has 1 unspecified atom stereocenters. The second kappa shape index (κ2) is 10.6. The fourth-order valence-electron chi connectivity index (χ4n) is 4.41. The number of halogens is 1. The molecule has 0 radical (unpaired) electrons. The van der Waals surface area contributed by atoms with E-state index in [-0.39, 0.29) is 29.4 Å². The standard InChI is InChI=1S/C17H18FN3O3.C7H11N3O3/c18-13-7-11-14(8-15(13)20-5-3-19-4-6-20)21(10-1-2-10)9-12(16(11)22)17(23)24;1-5(11)4-9-6(2)8-3-7(9)10(12)13/h7-10,19H,1-6H2,(H,23,24);3,5,11H,4H2,1-2H3. The average molecular weight is 517 g/mol. The summed E-state index contributed by atoms with van der Waals surface area (Å²) in [6, 6.07) is 3.08. The SMILES string of the molecule is Cc1ncc([N+](=O)[O-])n1CC(C)O.O=C(O)c1cn(C2CC2)c2cc(N3CCNCC3)c(F)cc2c1=O. The highest BCUT2D eigenvalue weighted by Gasteiger charge is 2.28. The Morgan fingerprint density at radius 2 is 2.00 bits per heavy atom. The Morgan fingerprint density at radius 3 is 2.57 bits per heavy atom. The molecule has 5 rings (SSSR count). The van der Waals surface area contributed by atoms with E-state index in [0.717, 1.165) is 25.9 Å². The summed E-state index contributed by atoms with van der Waals surface area (Å²) in [5.41, 5.74) is 0.159.